The van der Waals surface area contributed by atoms with Gasteiger partial charge in [-0.3, -0.25) is 9.59 Å². The summed E-state index contributed by atoms with van der Waals surface area (Å²) in [5, 5.41) is 33.5. The zero-order valence-corrected chi connectivity index (χ0v) is 21.6. The highest BCUT2D eigenvalue weighted by Crippen LogP contribution is 2.69. The van der Waals surface area contributed by atoms with Crippen molar-refractivity contribution < 1.29 is 24.9 Å². The number of aliphatic hydroxyl groups excluding tert-OH is 2. The van der Waals surface area contributed by atoms with Gasteiger partial charge in [0, 0.05) is 6.42 Å². The molecular formula is C28H47NO5. The van der Waals surface area contributed by atoms with Crippen molar-refractivity contribution in [1.82, 2.24) is 5.32 Å². The van der Waals surface area contributed by atoms with E-state index in [1.807, 2.05) is 0 Å². The van der Waals surface area contributed by atoms with Crippen LogP contribution in [-0.4, -0.2) is 45.9 Å². The molecule has 4 aliphatic rings. The minimum atomic E-state index is -1.01. The number of amides is 1. The van der Waals surface area contributed by atoms with E-state index < -0.39 is 5.97 Å². The minimum absolute atomic E-state index is 0.176. The first-order chi connectivity index (χ1) is 16.0. The zero-order chi connectivity index (χ0) is 24.8. The van der Waals surface area contributed by atoms with E-state index in [9.17, 15) is 19.8 Å². The second kappa shape index (κ2) is 9.72. The summed E-state index contributed by atoms with van der Waals surface area (Å²) in [4.78, 5) is 22.8. The molecule has 4 N–H and O–H groups in total. The van der Waals surface area contributed by atoms with Crippen LogP contribution in [-0.2, 0) is 9.59 Å². The maximum absolute atomic E-state index is 12.1. The third-order valence-electron chi connectivity index (χ3n) is 11.4. The predicted octanol–water partition coefficient (Wildman–Crippen LogP) is 4.23. The fourth-order valence-corrected chi connectivity index (χ4v) is 9.76. The Kier molecular flexibility index (Phi) is 7.42. The topological polar surface area (TPSA) is 107 Å². The molecule has 1 amide bonds. The van der Waals surface area contributed by atoms with E-state index in [4.69, 9.17) is 5.11 Å². The smallest absolute Gasteiger partial charge is 0.322 e. The van der Waals surface area contributed by atoms with Crippen LogP contribution in [0.25, 0.3) is 0 Å². The Morgan fingerprint density at radius 1 is 1.00 bits per heavy atom. The van der Waals surface area contributed by atoms with Gasteiger partial charge in [0.05, 0.1) is 12.2 Å². The molecule has 0 aromatic rings. The number of carboxylic acids is 1. The van der Waals surface area contributed by atoms with Crippen molar-refractivity contribution in [2.24, 2.45) is 52.3 Å². The molecule has 0 aromatic carbocycles. The van der Waals surface area contributed by atoms with Crippen molar-refractivity contribution >= 4 is 11.9 Å². The van der Waals surface area contributed by atoms with Gasteiger partial charge in [0.1, 0.15) is 6.54 Å². The maximum Gasteiger partial charge on any atom is 0.322 e. The molecule has 34 heavy (non-hydrogen) atoms. The van der Waals surface area contributed by atoms with Crippen molar-refractivity contribution in [3.8, 4) is 0 Å². The van der Waals surface area contributed by atoms with Crippen LogP contribution in [0.3, 0.4) is 0 Å². The standard InChI is InChI=1S/C28H47NO5/c1-5-18-22-14-17(30)10-12-28(22,4)21-11-13-27(3)19(7-8-20(27)25(21)26(18)34)16(2)6-9-23(31)29-15-24(32)33/h16-22,25-26,30,34H,5-15H2,1-4H3,(H,29,31)(H,32,33)/t16-,17-,18-,19?,20+,21+,22?,25?,26-,27?,28+/m1/s1. The van der Waals surface area contributed by atoms with Gasteiger partial charge in [-0.05, 0) is 104 Å². The molecular weight excluding hydrogens is 430 g/mol. The lowest BCUT2D eigenvalue weighted by molar-refractivity contribution is -0.203. The van der Waals surface area contributed by atoms with Crippen LogP contribution in [0, 0.1) is 52.3 Å². The van der Waals surface area contributed by atoms with Gasteiger partial charge in [0.15, 0.2) is 0 Å². The van der Waals surface area contributed by atoms with Crippen LogP contribution >= 0.6 is 0 Å². The fourth-order valence-electron chi connectivity index (χ4n) is 9.76. The lowest BCUT2D eigenvalue weighted by atomic mass is 9.41. The van der Waals surface area contributed by atoms with Crippen molar-refractivity contribution in [2.75, 3.05) is 6.54 Å². The number of carboxylic acid groups (broad SMARTS) is 1. The molecule has 6 nitrogen and oxygen atoms in total. The first-order valence-corrected chi connectivity index (χ1v) is 13.9. The first-order valence-electron chi connectivity index (χ1n) is 13.9. The Bertz CT molecular complexity index is 772. The maximum atomic E-state index is 12.1. The second-order valence-corrected chi connectivity index (χ2v) is 12.8. The molecule has 0 saturated heterocycles. The number of aliphatic carboxylic acids is 1. The average molecular weight is 478 g/mol. The highest BCUT2D eigenvalue weighted by molar-refractivity contribution is 5.81. The van der Waals surface area contributed by atoms with Crippen molar-refractivity contribution in [3.63, 3.8) is 0 Å². The largest absolute Gasteiger partial charge is 0.480 e. The zero-order valence-electron chi connectivity index (χ0n) is 21.6. The summed E-state index contributed by atoms with van der Waals surface area (Å²) in [5.74, 6) is 1.85. The predicted molar refractivity (Wildman–Crippen MR) is 131 cm³/mol. The molecule has 11 atom stereocenters. The first kappa shape index (κ1) is 25.9. The van der Waals surface area contributed by atoms with Gasteiger partial charge >= 0.3 is 5.97 Å². The van der Waals surface area contributed by atoms with Gasteiger partial charge in [-0.2, -0.15) is 0 Å². The van der Waals surface area contributed by atoms with E-state index in [1.54, 1.807) is 0 Å². The number of fused-ring (bicyclic) bond motifs is 5. The summed E-state index contributed by atoms with van der Waals surface area (Å²) >= 11 is 0. The molecule has 0 aliphatic heterocycles. The number of hydrogen-bond acceptors (Lipinski definition) is 4. The highest BCUT2D eigenvalue weighted by Gasteiger charge is 2.64. The Hall–Kier alpha value is -1.14. The number of carbonyl (C=O) groups is 2. The van der Waals surface area contributed by atoms with Crippen molar-refractivity contribution in [2.45, 2.75) is 104 Å². The Labute approximate surface area is 205 Å². The lowest BCUT2D eigenvalue weighted by Crippen LogP contribution is -2.62. The molecule has 0 aromatic heterocycles. The molecule has 4 aliphatic carbocycles. The number of hydrogen-bond donors (Lipinski definition) is 4. The van der Waals surface area contributed by atoms with E-state index in [0.717, 1.165) is 51.4 Å². The van der Waals surface area contributed by atoms with E-state index in [-0.39, 0.29) is 41.4 Å². The summed E-state index contributed by atoms with van der Waals surface area (Å²) in [5.41, 5.74) is 0.409. The minimum Gasteiger partial charge on any atom is -0.480 e. The quantitative estimate of drug-likeness (QED) is 0.439. The van der Waals surface area contributed by atoms with Gasteiger partial charge in [-0.15, -0.1) is 0 Å². The fraction of sp³-hybridized carbons (Fsp3) is 0.929. The van der Waals surface area contributed by atoms with Crippen LogP contribution in [0.2, 0.25) is 0 Å². The molecule has 4 rings (SSSR count). The molecule has 6 heteroatoms. The second-order valence-electron chi connectivity index (χ2n) is 12.8. The third kappa shape index (κ3) is 4.31. The number of nitrogens with one attached hydrogen (secondary N) is 1. The van der Waals surface area contributed by atoms with Crippen LogP contribution in [0.4, 0.5) is 0 Å². The number of rotatable bonds is 7. The summed E-state index contributed by atoms with van der Waals surface area (Å²) in [7, 11) is 0. The van der Waals surface area contributed by atoms with Crippen molar-refractivity contribution in [1.29, 1.82) is 0 Å². The van der Waals surface area contributed by atoms with Gasteiger partial charge < -0.3 is 20.6 Å². The molecule has 4 saturated carbocycles. The average Bonchev–Trinajstić information content (AvgIpc) is 3.14. The normalized spacial score (nSPS) is 46.6. The van der Waals surface area contributed by atoms with Gasteiger partial charge in [-0.25, -0.2) is 0 Å². The van der Waals surface area contributed by atoms with Crippen LogP contribution in [0.1, 0.15) is 91.9 Å². The van der Waals surface area contributed by atoms with Crippen LogP contribution < -0.4 is 5.32 Å². The molecule has 0 spiro atoms. The van der Waals surface area contributed by atoms with Gasteiger partial charge in [0.25, 0.3) is 0 Å². The molecule has 194 valence electrons. The van der Waals surface area contributed by atoms with E-state index in [0.29, 0.717) is 41.9 Å². The number of aliphatic hydroxyl groups is 2. The lowest BCUT2D eigenvalue weighted by Gasteiger charge is -2.64. The Morgan fingerprint density at radius 3 is 2.35 bits per heavy atom. The van der Waals surface area contributed by atoms with E-state index >= 15 is 0 Å². The summed E-state index contributed by atoms with van der Waals surface area (Å²) in [6.45, 7) is 9.10. The Morgan fingerprint density at radius 2 is 1.68 bits per heavy atom. The summed E-state index contributed by atoms with van der Waals surface area (Å²) in [6, 6.07) is 0. The van der Waals surface area contributed by atoms with Gasteiger partial charge in [-0.1, -0.05) is 34.1 Å². The SMILES string of the molecule is CC[C@@H]1C2C[C@H](O)CC[C@@]2(C)[C@H]2CCC3(C)C([C@H](C)CCC(=O)NCC(=O)O)CC[C@H]3C2[C@@H]1O. The molecule has 0 bridgehead atoms. The molecule has 4 fully saturated rings. The van der Waals surface area contributed by atoms with Crippen molar-refractivity contribution in [3.05, 3.63) is 0 Å². The van der Waals surface area contributed by atoms with Crippen LogP contribution in [0.5, 0.6) is 0 Å². The number of carbonyl (C=O) groups excluding carboxylic acids is 1. The van der Waals surface area contributed by atoms with Crippen LogP contribution in [0.15, 0.2) is 0 Å². The summed E-state index contributed by atoms with van der Waals surface area (Å²) in [6.07, 6.45) is 9.14. The monoisotopic (exact) mass is 477 g/mol. The van der Waals surface area contributed by atoms with E-state index in [1.165, 1.54) is 6.42 Å². The third-order valence-corrected chi connectivity index (χ3v) is 11.4. The molecule has 4 unspecified atom stereocenters. The van der Waals surface area contributed by atoms with Gasteiger partial charge in [0.2, 0.25) is 5.91 Å². The summed E-state index contributed by atoms with van der Waals surface area (Å²) < 4.78 is 0. The Balaban J connectivity index is 1.49. The van der Waals surface area contributed by atoms with E-state index in [2.05, 4.69) is 33.0 Å². The molecule has 0 heterocycles. The molecule has 0 radical (unpaired) electrons. The highest BCUT2D eigenvalue weighted by atomic mass is 16.4.